The van der Waals surface area contributed by atoms with Crippen LogP contribution in [-0.2, 0) is 0 Å². The standard InChI is InChI=1S/C23H16N4O4/c28-22-20(23(29)24-16-7-2-1-3-8-16)14-15-6-4-5-9-19(15)21(22)26-25-17-10-12-18(13-11-17)27(30)31/h1-14,28H,(H,24,29). The van der Waals surface area contributed by atoms with Crippen LogP contribution in [0, 0.1) is 10.1 Å². The van der Waals surface area contributed by atoms with Gasteiger partial charge in [0, 0.05) is 23.2 Å². The molecule has 0 aliphatic heterocycles. The smallest absolute Gasteiger partial charge is 0.269 e. The van der Waals surface area contributed by atoms with E-state index < -0.39 is 10.8 Å². The summed E-state index contributed by atoms with van der Waals surface area (Å²) in [4.78, 5) is 23.1. The lowest BCUT2D eigenvalue weighted by atomic mass is 10.0. The summed E-state index contributed by atoms with van der Waals surface area (Å²) >= 11 is 0. The van der Waals surface area contributed by atoms with E-state index in [-0.39, 0.29) is 22.7 Å². The van der Waals surface area contributed by atoms with Gasteiger partial charge in [-0.2, -0.15) is 5.11 Å². The Morgan fingerprint density at radius 2 is 1.58 bits per heavy atom. The van der Waals surface area contributed by atoms with Crippen molar-refractivity contribution in [1.29, 1.82) is 0 Å². The maximum atomic E-state index is 12.8. The molecule has 0 saturated carbocycles. The zero-order valence-corrected chi connectivity index (χ0v) is 16.1. The van der Waals surface area contributed by atoms with Gasteiger partial charge in [0.1, 0.15) is 5.69 Å². The molecule has 8 heteroatoms. The molecule has 4 aromatic rings. The van der Waals surface area contributed by atoms with Crippen molar-refractivity contribution in [2.75, 3.05) is 5.32 Å². The van der Waals surface area contributed by atoms with Crippen LogP contribution >= 0.6 is 0 Å². The van der Waals surface area contributed by atoms with Crippen LogP contribution in [0.25, 0.3) is 10.8 Å². The molecule has 0 fully saturated rings. The van der Waals surface area contributed by atoms with Crippen LogP contribution in [0.5, 0.6) is 5.75 Å². The number of phenolic OH excluding ortho intramolecular Hbond substituents is 1. The summed E-state index contributed by atoms with van der Waals surface area (Å²) in [7, 11) is 0. The molecule has 8 nitrogen and oxygen atoms in total. The molecular formula is C23H16N4O4. The second kappa shape index (κ2) is 8.42. The second-order valence-electron chi connectivity index (χ2n) is 6.64. The van der Waals surface area contributed by atoms with E-state index in [4.69, 9.17) is 0 Å². The lowest BCUT2D eigenvalue weighted by molar-refractivity contribution is -0.384. The summed E-state index contributed by atoms with van der Waals surface area (Å²) in [6.07, 6.45) is 0. The number of nitro groups is 1. The van der Waals surface area contributed by atoms with E-state index in [2.05, 4.69) is 15.5 Å². The number of hydrogen-bond acceptors (Lipinski definition) is 6. The molecular weight excluding hydrogens is 396 g/mol. The highest BCUT2D eigenvalue weighted by Crippen LogP contribution is 2.39. The molecule has 4 rings (SSSR count). The molecule has 0 bridgehead atoms. The van der Waals surface area contributed by atoms with Crippen molar-refractivity contribution in [1.82, 2.24) is 0 Å². The summed E-state index contributed by atoms with van der Waals surface area (Å²) in [6.45, 7) is 0. The fraction of sp³-hybridized carbons (Fsp3) is 0. The van der Waals surface area contributed by atoms with Gasteiger partial charge in [0.25, 0.3) is 11.6 Å². The molecule has 1 amide bonds. The number of benzene rings is 4. The number of para-hydroxylation sites is 1. The van der Waals surface area contributed by atoms with E-state index in [0.29, 0.717) is 22.1 Å². The third kappa shape index (κ3) is 4.23. The van der Waals surface area contributed by atoms with E-state index in [9.17, 15) is 20.0 Å². The number of fused-ring (bicyclic) bond motifs is 1. The van der Waals surface area contributed by atoms with Crippen molar-refractivity contribution < 1.29 is 14.8 Å². The first kappa shape index (κ1) is 19.7. The molecule has 0 aliphatic rings. The molecule has 0 aliphatic carbocycles. The number of azo groups is 1. The van der Waals surface area contributed by atoms with Gasteiger partial charge in [0.05, 0.1) is 16.2 Å². The number of nitrogens with zero attached hydrogens (tertiary/aromatic N) is 3. The maximum absolute atomic E-state index is 12.8. The minimum absolute atomic E-state index is 0.0557. The molecule has 0 atom stereocenters. The number of nitrogens with one attached hydrogen (secondary N) is 1. The van der Waals surface area contributed by atoms with Gasteiger partial charge in [0.2, 0.25) is 0 Å². The van der Waals surface area contributed by atoms with Gasteiger partial charge >= 0.3 is 0 Å². The predicted octanol–water partition coefficient (Wildman–Crippen LogP) is 6.12. The van der Waals surface area contributed by atoms with E-state index in [1.807, 2.05) is 12.1 Å². The number of carbonyl (C=O) groups excluding carboxylic acids is 1. The Balaban J connectivity index is 1.74. The topological polar surface area (TPSA) is 117 Å². The molecule has 0 heterocycles. The third-order valence-corrected chi connectivity index (χ3v) is 4.60. The molecule has 4 aromatic carbocycles. The fourth-order valence-corrected chi connectivity index (χ4v) is 3.06. The maximum Gasteiger partial charge on any atom is 0.269 e. The van der Waals surface area contributed by atoms with Crippen molar-refractivity contribution in [3.8, 4) is 5.75 Å². The molecule has 152 valence electrons. The van der Waals surface area contributed by atoms with E-state index in [1.165, 1.54) is 24.3 Å². The molecule has 31 heavy (non-hydrogen) atoms. The van der Waals surface area contributed by atoms with E-state index in [0.717, 1.165) is 0 Å². The lowest BCUT2D eigenvalue weighted by Crippen LogP contribution is -2.12. The lowest BCUT2D eigenvalue weighted by Gasteiger charge is -2.11. The Morgan fingerprint density at radius 1 is 0.903 bits per heavy atom. The highest BCUT2D eigenvalue weighted by molar-refractivity contribution is 6.11. The minimum Gasteiger partial charge on any atom is -0.505 e. The third-order valence-electron chi connectivity index (χ3n) is 4.60. The molecule has 0 spiro atoms. The van der Waals surface area contributed by atoms with Gasteiger partial charge in [-0.25, -0.2) is 0 Å². The SMILES string of the molecule is O=C(Nc1ccccc1)c1cc2ccccc2c(N=Nc2ccc([N+](=O)[O-])cc2)c1O. The number of aromatic hydroxyl groups is 1. The van der Waals surface area contributed by atoms with Gasteiger partial charge in [-0.05, 0) is 35.7 Å². The Labute approximate surface area is 176 Å². The number of nitro benzene ring substituents is 1. The van der Waals surface area contributed by atoms with E-state index in [1.54, 1.807) is 48.5 Å². The Morgan fingerprint density at radius 3 is 2.29 bits per heavy atom. The zero-order valence-electron chi connectivity index (χ0n) is 16.1. The first-order valence-electron chi connectivity index (χ1n) is 9.30. The highest BCUT2D eigenvalue weighted by atomic mass is 16.6. The van der Waals surface area contributed by atoms with Gasteiger partial charge in [-0.1, -0.05) is 42.5 Å². The Kier molecular flexibility index (Phi) is 5.35. The van der Waals surface area contributed by atoms with Crippen LogP contribution in [-0.4, -0.2) is 15.9 Å². The average molecular weight is 412 g/mol. The number of carbonyl (C=O) groups is 1. The van der Waals surface area contributed by atoms with Crippen LogP contribution in [0.2, 0.25) is 0 Å². The van der Waals surface area contributed by atoms with Crippen LogP contribution in [0.1, 0.15) is 10.4 Å². The monoisotopic (exact) mass is 412 g/mol. The van der Waals surface area contributed by atoms with Crippen LogP contribution in [0.4, 0.5) is 22.7 Å². The van der Waals surface area contributed by atoms with E-state index >= 15 is 0 Å². The quantitative estimate of drug-likeness (QED) is 0.233. The second-order valence-corrected chi connectivity index (χ2v) is 6.64. The fourth-order valence-electron chi connectivity index (χ4n) is 3.06. The van der Waals surface area contributed by atoms with Gasteiger partial charge in [-0.3, -0.25) is 14.9 Å². The van der Waals surface area contributed by atoms with Crippen molar-refractivity contribution >= 4 is 39.4 Å². The normalized spacial score (nSPS) is 11.0. The largest absolute Gasteiger partial charge is 0.505 e. The summed E-state index contributed by atoms with van der Waals surface area (Å²) in [5.74, 6) is -0.793. The number of rotatable bonds is 5. The first-order chi connectivity index (χ1) is 15.0. The average Bonchev–Trinajstić information content (AvgIpc) is 2.79. The highest BCUT2D eigenvalue weighted by Gasteiger charge is 2.18. The minimum atomic E-state index is -0.505. The number of amides is 1. The predicted molar refractivity (Wildman–Crippen MR) is 117 cm³/mol. The number of phenols is 1. The summed E-state index contributed by atoms with van der Waals surface area (Å²) in [5.41, 5.74) is 1.09. The molecule has 2 N–H and O–H groups in total. The van der Waals surface area contributed by atoms with Crippen LogP contribution in [0.3, 0.4) is 0 Å². The molecule has 0 saturated heterocycles. The Hall–Kier alpha value is -4.59. The van der Waals surface area contributed by atoms with Gasteiger partial charge in [0.15, 0.2) is 5.75 Å². The number of non-ortho nitro benzene ring substituents is 1. The summed E-state index contributed by atoms with van der Waals surface area (Å²) < 4.78 is 0. The number of anilines is 1. The van der Waals surface area contributed by atoms with Crippen molar-refractivity contribution in [3.63, 3.8) is 0 Å². The molecule has 0 radical (unpaired) electrons. The summed E-state index contributed by atoms with van der Waals surface area (Å²) in [5, 5.41) is 33.9. The van der Waals surface area contributed by atoms with Crippen LogP contribution < -0.4 is 5.32 Å². The van der Waals surface area contributed by atoms with Crippen molar-refractivity contribution in [2.24, 2.45) is 10.2 Å². The van der Waals surface area contributed by atoms with Crippen molar-refractivity contribution in [2.45, 2.75) is 0 Å². The zero-order chi connectivity index (χ0) is 21.8. The van der Waals surface area contributed by atoms with Crippen molar-refractivity contribution in [3.05, 3.63) is 101 Å². The van der Waals surface area contributed by atoms with Crippen LogP contribution in [0.15, 0.2) is 95.2 Å². The summed E-state index contributed by atoms with van der Waals surface area (Å²) in [6, 6.07) is 23.2. The van der Waals surface area contributed by atoms with Gasteiger partial charge < -0.3 is 10.4 Å². The first-order valence-corrected chi connectivity index (χ1v) is 9.30. The Bertz CT molecular complexity index is 1300. The molecule has 0 aromatic heterocycles. The molecule has 0 unspecified atom stereocenters. The van der Waals surface area contributed by atoms with Gasteiger partial charge in [-0.15, -0.1) is 5.11 Å². The number of hydrogen-bond donors (Lipinski definition) is 2.